The number of carbonyl (C=O) groups excluding carboxylic acids is 1. The summed E-state index contributed by atoms with van der Waals surface area (Å²) in [6, 6.07) is 9.65. The average molecular weight is 257 g/mol. The summed E-state index contributed by atoms with van der Waals surface area (Å²) in [6.45, 7) is 4.31. The number of amides is 1. The zero-order chi connectivity index (χ0) is 13.8. The standard InChI is InChI=1S/C15H19N3O/c1-4-11(2)12-7-5-6-8-13(12)17-15(19)14-9-10-16-18(14)3/h5-11H,4H2,1-3H3,(H,17,19). The Morgan fingerprint density at radius 2 is 2.11 bits per heavy atom. The molecular formula is C15H19N3O. The maximum atomic E-state index is 12.2. The van der Waals surface area contributed by atoms with Gasteiger partial charge >= 0.3 is 0 Å². The van der Waals surface area contributed by atoms with E-state index in [-0.39, 0.29) is 5.91 Å². The van der Waals surface area contributed by atoms with Gasteiger partial charge in [-0.1, -0.05) is 32.0 Å². The lowest BCUT2D eigenvalue weighted by atomic mass is 9.97. The molecule has 19 heavy (non-hydrogen) atoms. The highest BCUT2D eigenvalue weighted by molar-refractivity contribution is 6.03. The molecule has 0 fully saturated rings. The van der Waals surface area contributed by atoms with Gasteiger partial charge in [-0.05, 0) is 30.0 Å². The first-order chi connectivity index (χ1) is 9.13. The Bertz CT molecular complexity index is 574. The zero-order valence-corrected chi connectivity index (χ0v) is 11.6. The van der Waals surface area contributed by atoms with Crippen molar-refractivity contribution in [1.29, 1.82) is 0 Å². The minimum absolute atomic E-state index is 0.129. The van der Waals surface area contributed by atoms with E-state index < -0.39 is 0 Å². The summed E-state index contributed by atoms with van der Waals surface area (Å²) in [5.74, 6) is 0.291. The predicted molar refractivity (Wildman–Crippen MR) is 76.3 cm³/mol. The maximum absolute atomic E-state index is 12.2. The van der Waals surface area contributed by atoms with Crippen molar-refractivity contribution in [2.75, 3.05) is 5.32 Å². The lowest BCUT2D eigenvalue weighted by Gasteiger charge is -2.15. The van der Waals surface area contributed by atoms with E-state index in [2.05, 4.69) is 30.3 Å². The van der Waals surface area contributed by atoms with Crippen LogP contribution in [0.2, 0.25) is 0 Å². The molecular weight excluding hydrogens is 238 g/mol. The van der Waals surface area contributed by atoms with E-state index in [9.17, 15) is 4.79 Å². The first-order valence-electron chi connectivity index (χ1n) is 6.51. The van der Waals surface area contributed by atoms with E-state index in [1.807, 2.05) is 18.2 Å². The lowest BCUT2D eigenvalue weighted by molar-refractivity contribution is 0.101. The molecule has 4 heteroatoms. The van der Waals surface area contributed by atoms with Gasteiger partial charge in [0.05, 0.1) is 0 Å². The van der Waals surface area contributed by atoms with Gasteiger partial charge in [-0.15, -0.1) is 0 Å². The quantitative estimate of drug-likeness (QED) is 0.914. The SMILES string of the molecule is CCC(C)c1ccccc1NC(=O)c1ccnn1C. The topological polar surface area (TPSA) is 46.9 Å². The monoisotopic (exact) mass is 257 g/mol. The minimum Gasteiger partial charge on any atom is -0.320 e. The molecule has 0 aliphatic heterocycles. The summed E-state index contributed by atoms with van der Waals surface area (Å²) >= 11 is 0. The second kappa shape index (κ2) is 5.69. The van der Waals surface area contributed by atoms with Crippen molar-refractivity contribution >= 4 is 11.6 Å². The first-order valence-corrected chi connectivity index (χ1v) is 6.51. The first kappa shape index (κ1) is 13.3. The number of aromatic nitrogens is 2. The van der Waals surface area contributed by atoms with Crippen LogP contribution in [0.25, 0.3) is 0 Å². The van der Waals surface area contributed by atoms with Crippen LogP contribution < -0.4 is 5.32 Å². The molecule has 1 amide bonds. The highest BCUT2D eigenvalue weighted by atomic mass is 16.2. The van der Waals surface area contributed by atoms with Crippen molar-refractivity contribution in [1.82, 2.24) is 9.78 Å². The fourth-order valence-electron chi connectivity index (χ4n) is 2.04. The molecule has 0 spiro atoms. The van der Waals surface area contributed by atoms with E-state index in [4.69, 9.17) is 0 Å². The molecule has 0 aliphatic rings. The summed E-state index contributed by atoms with van der Waals surface area (Å²) in [6.07, 6.45) is 2.66. The van der Waals surface area contributed by atoms with E-state index >= 15 is 0 Å². The fraction of sp³-hybridized carbons (Fsp3) is 0.333. The molecule has 4 nitrogen and oxygen atoms in total. The lowest BCUT2D eigenvalue weighted by Crippen LogP contribution is -2.17. The number of nitrogens with one attached hydrogen (secondary N) is 1. The normalized spacial score (nSPS) is 12.2. The van der Waals surface area contributed by atoms with Crippen LogP contribution in [0.1, 0.15) is 42.2 Å². The Balaban J connectivity index is 2.24. The van der Waals surface area contributed by atoms with Crippen LogP contribution in [-0.4, -0.2) is 15.7 Å². The molecule has 2 rings (SSSR count). The number of para-hydroxylation sites is 1. The van der Waals surface area contributed by atoms with Crippen LogP contribution in [0.5, 0.6) is 0 Å². The molecule has 100 valence electrons. The highest BCUT2D eigenvalue weighted by Gasteiger charge is 2.14. The summed E-state index contributed by atoms with van der Waals surface area (Å²) in [5, 5.41) is 6.98. The smallest absolute Gasteiger partial charge is 0.273 e. The maximum Gasteiger partial charge on any atom is 0.273 e. The van der Waals surface area contributed by atoms with Gasteiger partial charge in [-0.25, -0.2) is 0 Å². The van der Waals surface area contributed by atoms with Gasteiger partial charge in [-0.2, -0.15) is 5.10 Å². The number of hydrogen-bond acceptors (Lipinski definition) is 2. The van der Waals surface area contributed by atoms with Crippen LogP contribution in [0, 0.1) is 0 Å². The van der Waals surface area contributed by atoms with Crippen LogP contribution in [-0.2, 0) is 7.05 Å². The minimum atomic E-state index is -0.129. The number of nitrogens with zero attached hydrogens (tertiary/aromatic N) is 2. The van der Waals surface area contributed by atoms with Crippen molar-refractivity contribution in [3.8, 4) is 0 Å². The number of carbonyl (C=O) groups is 1. The molecule has 1 unspecified atom stereocenters. The van der Waals surface area contributed by atoms with Crippen LogP contribution in [0.4, 0.5) is 5.69 Å². The van der Waals surface area contributed by atoms with Gasteiger partial charge in [0, 0.05) is 18.9 Å². The van der Waals surface area contributed by atoms with Gasteiger partial charge in [0.2, 0.25) is 0 Å². The molecule has 0 radical (unpaired) electrons. The van der Waals surface area contributed by atoms with E-state index in [1.54, 1.807) is 24.0 Å². The number of hydrogen-bond donors (Lipinski definition) is 1. The van der Waals surface area contributed by atoms with Crippen molar-refractivity contribution in [2.45, 2.75) is 26.2 Å². The molecule has 2 aromatic rings. The van der Waals surface area contributed by atoms with Crippen molar-refractivity contribution < 1.29 is 4.79 Å². The molecule has 1 heterocycles. The van der Waals surface area contributed by atoms with E-state index in [0.29, 0.717) is 11.6 Å². The summed E-state index contributed by atoms with van der Waals surface area (Å²) < 4.78 is 1.57. The molecule has 0 saturated heterocycles. The van der Waals surface area contributed by atoms with Crippen LogP contribution in [0.15, 0.2) is 36.5 Å². The van der Waals surface area contributed by atoms with Gasteiger partial charge in [0.25, 0.3) is 5.91 Å². The molecule has 1 aromatic heterocycles. The molecule has 1 N–H and O–H groups in total. The third kappa shape index (κ3) is 2.84. The van der Waals surface area contributed by atoms with Crippen LogP contribution >= 0.6 is 0 Å². The number of rotatable bonds is 4. The molecule has 1 atom stereocenters. The average Bonchev–Trinajstić information content (AvgIpc) is 2.85. The Morgan fingerprint density at radius 1 is 1.37 bits per heavy atom. The molecule has 1 aromatic carbocycles. The fourth-order valence-corrected chi connectivity index (χ4v) is 2.04. The molecule has 0 aliphatic carbocycles. The van der Waals surface area contributed by atoms with E-state index in [0.717, 1.165) is 12.1 Å². The Hall–Kier alpha value is -2.10. The molecule has 0 saturated carbocycles. The Labute approximate surface area is 113 Å². The number of anilines is 1. The Morgan fingerprint density at radius 3 is 2.74 bits per heavy atom. The largest absolute Gasteiger partial charge is 0.320 e. The predicted octanol–water partition coefficient (Wildman–Crippen LogP) is 3.19. The van der Waals surface area contributed by atoms with Gasteiger partial charge in [0.15, 0.2) is 0 Å². The second-order valence-corrected chi connectivity index (χ2v) is 4.69. The van der Waals surface area contributed by atoms with Gasteiger partial charge < -0.3 is 5.32 Å². The van der Waals surface area contributed by atoms with Gasteiger partial charge in [-0.3, -0.25) is 9.48 Å². The number of benzene rings is 1. The highest BCUT2D eigenvalue weighted by Crippen LogP contribution is 2.26. The second-order valence-electron chi connectivity index (χ2n) is 4.69. The summed E-state index contributed by atoms with van der Waals surface area (Å²) in [4.78, 5) is 12.2. The molecule has 0 bridgehead atoms. The number of aryl methyl sites for hydroxylation is 1. The van der Waals surface area contributed by atoms with Gasteiger partial charge in [0.1, 0.15) is 5.69 Å². The summed E-state index contributed by atoms with van der Waals surface area (Å²) in [5.41, 5.74) is 2.60. The van der Waals surface area contributed by atoms with Crippen LogP contribution in [0.3, 0.4) is 0 Å². The van der Waals surface area contributed by atoms with Crippen molar-refractivity contribution in [3.63, 3.8) is 0 Å². The van der Waals surface area contributed by atoms with E-state index in [1.165, 1.54) is 5.56 Å². The third-order valence-corrected chi connectivity index (χ3v) is 3.41. The van der Waals surface area contributed by atoms with Crippen molar-refractivity contribution in [2.24, 2.45) is 7.05 Å². The van der Waals surface area contributed by atoms with Crippen molar-refractivity contribution in [3.05, 3.63) is 47.8 Å². The zero-order valence-electron chi connectivity index (χ0n) is 11.6. The summed E-state index contributed by atoms with van der Waals surface area (Å²) in [7, 11) is 1.76. The Kier molecular flexibility index (Phi) is 4.00. The third-order valence-electron chi connectivity index (χ3n) is 3.41.